The number of fused-ring (bicyclic) bond motifs is 1. The molecule has 3 heteroatoms. The molecule has 0 bridgehead atoms. The monoisotopic (exact) mass is 339 g/mol. The highest BCUT2D eigenvalue weighted by Crippen LogP contribution is 2.30. The minimum absolute atomic E-state index is 0.735. The summed E-state index contributed by atoms with van der Waals surface area (Å²) in [6.07, 6.45) is 0.971. The fraction of sp³-hybridized carbons (Fsp3) is 0.130. The molecule has 0 radical (unpaired) electrons. The number of aryl methyl sites for hydroxylation is 2. The molecule has 0 saturated carbocycles. The van der Waals surface area contributed by atoms with Crippen molar-refractivity contribution in [2.24, 2.45) is 0 Å². The van der Waals surface area contributed by atoms with Gasteiger partial charge in [0.15, 0.2) is 5.82 Å². The van der Waals surface area contributed by atoms with Crippen LogP contribution in [0.3, 0.4) is 0 Å². The van der Waals surface area contributed by atoms with Crippen molar-refractivity contribution in [1.82, 2.24) is 9.97 Å². The van der Waals surface area contributed by atoms with Gasteiger partial charge in [-0.1, -0.05) is 67.6 Å². The maximum absolute atomic E-state index is 4.86. The van der Waals surface area contributed by atoms with E-state index in [9.17, 15) is 0 Å². The van der Waals surface area contributed by atoms with Crippen molar-refractivity contribution in [1.29, 1.82) is 0 Å². The average Bonchev–Trinajstić information content (AvgIpc) is 2.70. The van der Waals surface area contributed by atoms with Crippen LogP contribution >= 0.6 is 0 Å². The van der Waals surface area contributed by atoms with Gasteiger partial charge in [0.25, 0.3) is 0 Å². The molecule has 3 nitrogen and oxygen atoms in total. The van der Waals surface area contributed by atoms with E-state index in [1.54, 1.807) is 0 Å². The first-order chi connectivity index (χ1) is 12.8. The predicted octanol–water partition coefficient (Wildman–Crippen LogP) is 5.91. The molecule has 0 aliphatic carbocycles. The van der Waals surface area contributed by atoms with Crippen molar-refractivity contribution in [2.75, 3.05) is 5.32 Å². The highest BCUT2D eigenvalue weighted by atomic mass is 15.0. The van der Waals surface area contributed by atoms with E-state index in [1.807, 2.05) is 48.5 Å². The molecule has 3 aromatic carbocycles. The Morgan fingerprint density at radius 2 is 1.58 bits per heavy atom. The molecule has 0 aliphatic heterocycles. The third-order valence-electron chi connectivity index (χ3n) is 4.62. The molecule has 128 valence electrons. The van der Waals surface area contributed by atoms with Gasteiger partial charge in [0.1, 0.15) is 5.82 Å². The zero-order valence-electron chi connectivity index (χ0n) is 15.0. The SMILES string of the molecule is CCc1cccc(C)c1Nc1nc(-c2ccccc2)nc2ccccc12. The molecule has 0 spiro atoms. The summed E-state index contributed by atoms with van der Waals surface area (Å²) < 4.78 is 0. The number of rotatable bonds is 4. The van der Waals surface area contributed by atoms with Gasteiger partial charge in [-0.05, 0) is 36.6 Å². The number of para-hydroxylation sites is 2. The summed E-state index contributed by atoms with van der Waals surface area (Å²) in [4.78, 5) is 9.62. The number of hydrogen-bond acceptors (Lipinski definition) is 3. The van der Waals surface area contributed by atoms with Crippen LogP contribution in [0.2, 0.25) is 0 Å². The molecule has 0 unspecified atom stereocenters. The number of aromatic nitrogens is 2. The van der Waals surface area contributed by atoms with Crippen LogP contribution in [0.4, 0.5) is 11.5 Å². The zero-order valence-corrected chi connectivity index (χ0v) is 15.0. The molecule has 0 fully saturated rings. The molecule has 1 N–H and O–H groups in total. The summed E-state index contributed by atoms with van der Waals surface area (Å²) >= 11 is 0. The Balaban J connectivity index is 1.89. The lowest BCUT2D eigenvalue weighted by Crippen LogP contribution is -2.03. The minimum atomic E-state index is 0.735. The van der Waals surface area contributed by atoms with E-state index >= 15 is 0 Å². The molecule has 0 amide bonds. The first-order valence-electron chi connectivity index (χ1n) is 8.94. The second kappa shape index (κ2) is 6.96. The summed E-state index contributed by atoms with van der Waals surface area (Å²) in [5.74, 6) is 1.58. The maximum Gasteiger partial charge on any atom is 0.162 e. The van der Waals surface area contributed by atoms with E-state index < -0.39 is 0 Å². The van der Waals surface area contributed by atoms with Crippen molar-refractivity contribution in [2.45, 2.75) is 20.3 Å². The highest BCUT2D eigenvalue weighted by Gasteiger charge is 2.12. The van der Waals surface area contributed by atoms with Crippen molar-refractivity contribution >= 4 is 22.4 Å². The fourth-order valence-electron chi connectivity index (χ4n) is 3.21. The second-order valence-corrected chi connectivity index (χ2v) is 6.37. The lowest BCUT2D eigenvalue weighted by atomic mass is 10.1. The van der Waals surface area contributed by atoms with Gasteiger partial charge in [-0.3, -0.25) is 0 Å². The summed E-state index contributed by atoms with van der Waals surface area (Å²) in [6, 6.07) is 24.6. The van der Waals surface area contributed by atoms with Gasteiger partial charge < -0.3 is 5.32 Å². The molecule has 0 atom stereocenters. The number of anilines is 2. The zero-order chi connectivity index (χ0) is 17.9. The largest absolute Gasteiger partial charge is 0.339 e. The number of benzene rings is 3. The predicted molar refractivity (Wildman–Crippen MR) is 109 cm³/mol. The maximum atomic E-state index is 4.86. The third-order valence-corrected chi connectivity index (χ3v) is 4.62. The fourth-order valence-corrected chi connectivity index (χ4v) is 3.21. The average molecular weight is 339 g/mol. The first kappa shape index (κ1) is 16.3. The Bertz CT molecular complexity index is 1060. The Labute approximate surface area is 153 Å². The molecule has 4 rings (SSSR count). The van der Waals surface area contributed by atoms with Gasteiger partial charge in [0.05, 0.1) is 5.52 Å². The van der Waals surface area contributed by atoms with Gasteiger partial charge in [-0.15, -0.1) is 0 Å². The third kappa shape index (κ3) is 3.04. The molecule has 4 aromatic rings. The minimum Gasteiger partial charge on any atom is -0.339 e. The van der Waals surface area contributed by atoms with Crippen LogP contribution in [-0.4, -0.2) is 9.97 Å². The molecular formula is C23H21N3. The summed E-state index contributed by atoms with van der Waals surface area (Å²) in [6.45, 7) is 4.30. The van der Waals surface area contributed by atoms with Gasteiger partial charge in [-0.2, -0.15) is 0 Å². The smallest absolute Gasteiger partial charge is 0.162 e. The van der Waals surface area contributed by atoms with Crippen LogP contribution in [-0.2, 0) is 6.42 Å². The van der Waals surface area contributed by atoms with Crippen molar-refractivity contribution in [3.63, 3.8) is 0 Å². The molecule has 0 saturated heterocycles. The Hall–Kier alpha value is -3.20. The molecule has 26 heavy (non-hydrogen) atoms. The van der Waals surface area contributed by atoms with Crippen LogP contribution < -0.4 is 5.32 Å². The van der Waals surface area contributed by atoms with Crippen LogP contribution in [0.1, 0.15) is 18.1 Å². The Morgan fingerprint density at radius 1 is 0.808 bits per heavy atom. The second-order valence-electron chi connectivity index (χ2n) is 6.37. The van der Waals surface area contributed by atoms with E-state index in [2.05, 4.69) is 43.4 Å². The van der Waals surface area contributed by atoms with E-state index in [0.717, 1.165) is 40.2 Å². The normalized spacial score (nSPS) is 10.8. The van der Waals surface area contributed by atoms with Crippen molar-refractivity contribution in [3.8, 4) is 11.4 Å². The van der Waals surface area contributed by atoms with E-state index in [1.165, 1.54) is 11.1 Å². The van der Waals surface area contributed by atoms with E-state index in [-0.39, 0.29) is 0 Å². The van der Waals surface area contributed by atoms with Crippen LogP contribution in [0, 0.1) is 6.92 Å². The standard InChI is InChI=1S/C23H21N3/c1-3-17-13-9-10-16(2)21(17)25-23-19-14-7-8-15-20(19)24-22(26-23)18-11-5-4-6-12-18/h4-15H,3H2,1-2H3,(H,24,25,26). The number of nitrogens with one attached hydrogen (secondary N) is 1. The summed E-state index contributed by atoms with van der Waals surface area (Å²) in [7, 11) is 0. The Kier molecular flexibility index (Phi) is 4.36. The van der Waals surface area contributed by atoms with Gasteiger partial charge in [0.2, 0.25) is 0 Å². The van der Waals surface area contributed by atoms with E-state index in [4.69, 9.17) is 9.97 Å². The quantitative estimate of drug-likeness (QED) is 0.502. The lowest BCUT2D eigenvalue weighted by Gasteiger charge is -2.16. The van der Waals surface area contributed by atoms with Crippen molar-refractivity contribution in [3.05, 3.63) is 83.9 Å². The molecule has 1 aromatic heterocycles. The summed E-state index contributed by atoms with van der Waals surface area (Å²) in [5, 5.41) is 4.62. The topological polar surface area (TPSA) is 37.8 Å². The van der Waals surface area contributed by atoms with Gasteiger partial charge >= 0.3 is 0 Å². The van der Waals surface area contributed by atoms with Crippen LogP contribution in [0.15, 0.2) is 72.8 Å². The molecule has 1 heterocycles. The lowest BCUT2D eigenvalue weighted by molar-refractivity contribution is 1.13. The first-order valence-corrected chi connectivity index (χ1v) is 8.94. The summed E-state index contributed by atoms with van der Waals surface area (Å²) in [5.41, 5.74) is 5.59. The van der Waals surface area contributed by atoms with Crippen LogP contribution in [0.25, 0.3) is 22.3 Å². The number of nitrogens with zero attached hydrogens (tertiary/aromatic N) is 2. The molecular weight excluding hydrogens is 318 g/mol. The van der Waals surface area contributed by atoms with Crippen LogP contribution in [0.5, 0.6) is 0 Å². The van der Waals surface area contributed by atoms with E-state index in [0.29, 0.717) is 0 Å². The van der Waals surface area contributed by atoms with Gasteiger partial charge in [-0.25, -0.2) is 9.97 Å². The Morgan fingerprint density at radius 3 is 2.38 bits per heavy atom. The van der Waals surface area contributed by atoms with Crippen molar-refractivity contribution < 1.29 is 0 Å². The van der Waals surface area contributed by atoms with Gasteiger partial charge in [0, 0.05) is 16.6 Å². The number of hydrogen-bond donors (Lipinski definition) is 1. The highest BCUT2D eigenvalue weighted by molar-refractivity contribution is 5.92. The molecule has 0 aliphatic rings.